The summed E-state index contributed by atoms with van der Waals surface area (Å²) < 4.78 is 10.6. The van der Waals surface area contributed by atoms with Crippen LogP contribution in [0, 0.1) is 5.21 Å². The molecule has 2 aromatic rings. The third-order valence-corrected chi connectivity index (χ3v) is 3.67. The van der Waals surface area contributed by atoms with Crippen LogP contribution < -0.4 is 9.96 Å². The van der Waals surface area contributed by atoms with E-state index in [0.717, 1.165) is 11.1 Å². The van der Waals surface area contributed by atoms with Crippen molar-refractivity contribution in [2.45, 2.75) is 12.5 Å². The molecule has 114 valence electrons. The Labute approximate surface area is 127 Å². The van der Waals surface area contributed by atoms with Gasteiger partial charge in [0.1, 0.15) is 11.9 Å². The van der Waals surface area contributed by atoms with E-state index >= 15 is 0 Å². The van der Waals surface area contributed by atoms with Crippen molar-refractivity contribution in [1.29, 1.82) is 0 Å². The summed E-state index contributed by atoms with van der Waals surface area (Å²) in [7, 11) is 1.57. The molecule has 1 aliphatic heterocycles. The van der Waals surface area contributed by atoms with Crippen LogP contribution in [-0.4, -0.2) is 18.3 Å². The van der Waals surface area contributed by atoms with Crippen molar-refractivity contribution in [3.8, 4) is 5.75 Å². The monoisotopic (exact) mass is 300 g/mol. The lowest BCUT2D eigenvalue weighted by atomic mass is 9.94. The SMILES string of the molecule is COc1ccc2c(c1)C[C@H](c1ccc(N([O-])O)cc1)OC2=O. The molecule has 6 heteroatoms. The number of hydrogen-bond donors (Lipinski definition) is 1. The minimum absolute atomic E-state index is 0.118. The molecule has 0 amide bonds. The van der Waals surface area contributed by atoms with Crippen LogP contribution in [0.5, 0.6) is 5.75 Å². The molecule has 0 saturated heterocycles. The number of ether oxygens (including phenoxy) is 2. The first-order valence-electron chi connectivity index (χ1n) is 6.72. The van der Waals surface area contributed by atoms with E-state index in [1.165, 1.54) is 12.1 Å². The molecule has 0 fully saturated rings. The number of benzene rings is 2. The van der Waals surface area contributed by atoms with E-state index in [-0.39, 0.29) is 16.9 Å². The average Bonchev–Trinajstić information content (AvgIpc) is 2.54. The lowest BCUT2D eigenvalue weighted by Gasteiger charge is -2.26. The van der Waals surface area contributed by atoms with Crippen LogP contribution >= 0.6 is 0 Å². The molecular formula is C16H14NO5-. The second-order valence-electron chi connectivity index (χ2n) is 4.99. The second-order valence-corrected chi connectivity index (χ2v) is 4.99. The highest BCUT2D eigenvalue weighted by Crippen LogP contribution is 2.33. The molecule has 0 bridgehead atoms. The van der Waals surface area contributed by atoms with E-state index in [1.807, 2.05) is 6.07 Å². The fourth-order valence-corrected chi connectivity index (χ4v) is 2.50. The molecule has 0 radical (unpaired) electrons. The summed E-state index contributed by atoms with van der Waals surface area (Å²) in [5, 5.41) is 19.4. The van der Waals surface area contributed by atoms with Crippen LogP contribution in [0.15, 0.2) is 42.5 Å². The molecule has 6 nitrogen and oxygen atoms in total. The van der Waals surface area contributed by atoms with Crippen LogP contribution in [0.1, 0.15) is 27.6 Å². The first-order chi connectivity index (χ1) is 10.6. The van der Waals surface area contributed by atoms with Gasteiger partial charge in [-0.3, -0.25) is 5.21 Å². The van der Waals surface area contributed by atoms with Gasteiger partial charge in [-0.1, -0.05) is 12.1 Å². The number of carbonyl (C=O) groups excluding carboxylic acids is 1. The van der Waals surface area contributed by atoms with Crippen molar-refractivity contribution in [2.24, 2.45) is 0 Å². The Hall–Kier alpha value is -2.57. The molecule has 1 aliphatic rings. The number of methoxy groups -OCH3 is 1. The molecule has 22 heavy (non-hydrogen) atoms. The van der Waals surface area contributed by atoms with Gasteiger partial charge in [0.2, 0.25) is 0 Å². The maximum atomic E-state index is 12.1. The minimum atomic E-state index is -0.431. The fourth-order valence-electron chi connectivity index (χ4n) is 2.50. The highest BCUT2D eigenvalue weighted by molar-refractivity contribution is 5.92. The Kier molecular flexibility index (Phi) is 3.70. The van der Waals surface area contributed by atoms with E-state index in [9.17, 15) is 10.0 Å². The summed E-state index contributed by atoms with van der Waals surface area (Å²) in [6, 6.07) is 11.5. The zero-order valence-corrected chi connectivity index (χ0v) is 11.9. The highest BCUT2D eigenvalue weighted by Gasteiger charge is 2.27. The molecule has 1 heterocycles. The zero-order chi connectivity index (χ0) is 15.7. The van der Waals surface area contributed by atoms with Gasteiger partial charge < -0.3 is 19.9 Å². The van der Waals surface area contributed by atoms with Crippen LogP contribution in [-0.2, 0) is 11.2 Å². The van der Waals surface area contributed by atoms with Gasteiger partial charge in [0.15, 0.2) is 0 Å². The number of cyclic esters (lactones) is 1. The average molecular weight is 300 g/mol. The normalized spacial score (nSPS) is 16.7. The molecule has 1 atom stereocenters. The molecule has 0 saturated carbocycles. The number of nitrogens with zero attached hydrogens (tertiary/aromatic N) is 1. The van der Waals surface area contributed by atoms with Crippen molar-refractivity contribution in [2.75, 3.05) is 12.3 Å². The quantitative estimate of drug-likeness (QED) is 0.693. The van der Waals surface area contributed by atoms with E-state index in [2.05, 4.69) is 0 Å². The predicted octanol–water partition coefficient (Wildman–Crippen LogP) is 2.84. The standard InChI is InChI=1S/C16H14NO5/c1-21-13-6-7-14-11(8-13)9-15(22-16(14)18)10-2-4-12(5-3-10)17(19)20/h2-8,15,19H,9H2,1H3/q-1/t15-/m1/s1. The van der Waals surface area contributed by atoms with E-state index in [4.69, 9.17) is 14.7 Å². The first kappa shape index (κ1) is 14.4. The number of rotatable bonds is 3. The van der Waals surface area contributed by atoms with Gasteiger partial charge in [-0.25, -0.2) is 4.79 Å². The molecule has 0 aromatic heterocycles. The Morgan fingerprint density at radius 3 is 2.64 bits per heavy atom. The molecule has 1 N–H and O–H groups in total. The molecule has 0 unspecified atom stereocenters. The van der Waals surface area contributed by atoms with E-state index < -0.39 is 6.10 Å². The first-order valence-corrected chi connectivity index (χ1v) is 6.72. The minimum Gasteiger partial charge on any atom is -0.733 e. The summed E-state index contributed by atoms with van der Waals surface area (Å²) in [5.41, 5.74) is 2.27. The van der Waals surface area contributed by atoms with Crippen LogP contribution in [0.25, 0.3) is 0 Å². The number of anilines is 1. The Bertz CT molecular complexity index is 696. The number of fused-ring (bicyclic) bond motifs is 1. The van der Waals surface area contributed by atoms with Crippen LogP contribution in [0.4, 0.5) is 5.69 Å². The summed E-state index contributed by atoms with van der Waals surface area (Å²) in [6.07, 6.45) is 0.0950. The van der Waals surface area contributed by atoms with Gasteiger partial charge in [0.05, 0.1) is 18.4 Å². The molecule has 0 spiro atoms. The van der Waals surface area contributed by atoms with Crippen molar-refractivity contribution in [3.05, 3.63) is 64.4 Å². The zero-order valence-electron chi connectivity index (χ0n) is 11.9. The Morgan fingerprint density at radius 2 is 2.00 bits per heavy atom. The molecule has 0 aliphatic carbocycles. The number of esters is 1. The summed E-state index contributed by atoms with van der Waals surface area (Å²) in [6.45, 7) is 0. The Balaban J connectivity index is 1.89. The highest BCUT2D eigenvalue weighted by atomic mass is 16.8. The van der Waals surface area contributed by atoms with Gasteiger partial charge in [0, 0.05) is 6.42 Å². The lowest BCUT2D eigenvalue weighted by molar-refractivity contribution is 0.0252. The van der Waals surface area contributed by atoms with Crippen LogP contribution in [0.3, 0.4) is 0 Å². The van der Waals surface area contributed by atoms with Gasteiger partial charge in [0.25, 0.3) is 0 Å². The topological polar surface area (TPSA) is 82.1 Å². The maximum Gasteiger partial charge on any atom is 0.339 e. The molecule has 2 aromatic carbocycles. The maximum absolute atomic E-state index is 12.1. The van der Waals surface area contributed by atoms with Gasteiger partial charge in [-0.15, -0.1) is 0 Å². The fraction of sp³-hybridized carbons (Fsp3) is 0.188. The third kappa shape index (κ3) is 2.61. The summed E-state index contributed by atoms with van der Waals surface area (Å²) in [5.74, 6) is 0.301. The smallest absolute Gasteiger partial charge is 0.339 e. The largest absolute Gasteiger partial charge is 0.733 e. The predicted molar refractivity (Wildman–Crippen MR) is 78.9 cm³/mol. The van der Waals surface area contributed by atoms with Gasteiger partial charge in [-0.2, -0.15) is 0 Å². The lowest BCUT2D eigenvalue weighted by Crippen LogP contribution is -2.21. The van der Waals surface area contributed by atoms with Crippen LogP contribution in [0.2, 0.25) is 0 Å². The second kappa shape index (κ2) is 5.67. The summed E-state index contributed by atoms with van der Waals surface area (Å²) in [4.78, 5) is 12.1. The van der Waals surface area contributed by atoms with Crippen molar-refractivity contribution < 1.29 is 19.5 Å². The Morgan fingerprint density at radius 1 is 1.27 bits per heavy atom. The summed E-state index contributed by atoms with van der Waals surface area (Å²) >= 11 is 0. The van der Waals surface area contributed by atoms with Gasteiger partial charge >= 0.3 is 5.97 Å². The van der Waals surface area contributed by atoms with Crippen molar-refractivity contribution in [3.63, 3.8) is 0 Å². The molecular weight excluding hydrogens is 286 g/mol. The van der Waals surface area contributed by atoms with Crippen molar-refractivity contribution >= 4 is 11.7 Å². The van der Waals surface area contributed by atoms with Gasteiger partial charge in [-0.05, 0) is 41.5 Å². The third-order valence-electron chi connectivity index (χ3n) is 3.67. The van der Waals surface area contributed by atoms with Crippen molar-refractivity contribution in [1.82, 2.24) is 0 Å². The van der Waals surface area contributed by atoms with E-state index in [1.54, 1.807) is 31.4 Å². The number of carbonyl (C=O) groups is 1. The molecule has 3 rings (SSSR count). The van der Waals surface area contributed by atoms with E-state index in [0.29, 0.717) is 17.7 Å². The number of hydrogen-bond acceptors (Lipinski definition) is 6.